The summed E-state index contributed by atoms with van der Waals surface area (Å²) in [5, 5.41) is 7.95. The van der Waals surface area contributed by atoms with Gasteiger partial charge >= 0.3 is 0 Å². The van der Waals surface area contributed by atoms with E-state index in [2.05, 4.69) is 25.2 Å². The van der Waals surface area contributed by atoms with E-state index < -0.39 is 0 Å². The Morgan fingerprint density at radius 3 is 2.90 bits per heavy atom. The van der Waals surface area contributed by atoms with E-state index in [1.165, 1.54) is 0 Å². The molecule has 0 aromatic carbocycles. The summed E-state index contributed by atoms with van der Waals surface area (Å²) in [6.07, 6.45) is 7.21. The van der Waals surface area contributed by atoms with Crippen molar-refractivity contribution < 1.29 is 4.79 Å². The second kappa shape index (κ2) is 5.65. The van der Waals surface area contributed by atoms with Crippen molar-refractivity contribution in [2.24, 2.45) is 0 Å². The van der Waals surface area contributed by atoms with Crippen molar-refractivity contribution >= 4 is 5.91 Å². The average Bonchev–Trinajstić information content (AvgIpc) is 3.19. The number of carbonyl (C=O) groups excluding carboxylic acids is 1. The predicted molar refractivity (Wildman–Crippen MR) is 75.4 cm³/mol. The van der Waals surface area contributed by atoms with E-state index >= 15 is 0 Å². The van der Waals surface area contributed by atoms with Crippen LogP contribution in [0.3, 0.4) is 0 Å². The Morgan fingerprint density at radius 1 is 1.43 bits per heavy atom. The SMILES string of the molecule is CN(C)[C@@H]1CN(C(=O)Cc2ncc[nH]2)C[C@@H]1n1ccnn1. The number of imidazole rings is 1. The molecule has 2 atom stereocenters. The Morgan fingerprint density at radius 2 is 2.29 bits per heavy atom. The molecular weight excluding hydrogens is 270 g/mol. The van der Waals surface area contributed by atoms with Crippen LogP contribution >= 0.6 is 0 Å². The summed E-state index contributed by atoms with van der Waals surface area (Å²) >= 11 is 0. The molecule has 1 saturated heterocycles. The van der Waals surface area contributed by atoms with E-state index in [4.69, 9.17) is 0 Å². The van der Waals surface area contributed by atoms with Gasteiger partial charge in [-0.15, -0.1) is 5.10 Å². The van der Waals surface area contributed by atoms with Crippen LogP contribution in [0.1, 0.15) is 11.9 Å². The van der Waals surface area contributed by atoms with Gasteiger partial charge in [0.05, 0.1) is 24.7 Å². The first-order valence-corrected chi connectivity index (χ1v) is 6.93. The van der Waals surface area contributed by atoms with Crippen LogP contribution in [0, 0.1) is 0 Å². The molecule has 2 aromatic heterocycles. The lowest BCUT2D eigenvalue weighted by atomic mass is 10.1. The van der Waals surface area contributed by atoms with Gasteiger partial charge in [0.15, 0.2) is 0 Å². The predicted octanol–water partition coefficient (Wildman–Crippen LogP) is -0.443. The highest BCUT2D eigenvalue weighted by Crippen LogP contribution is 2.24. The number of aromatic amines is 1. The summed E-state index contributed by atoms with van der Waals surface area (Å²) in [6.45, 7) is 1.34. The summed E-state index contributed by atoms with van der Waals surface area (Å²) in [7, 11) is 4.05. The second-order valence-corrected chi connectivity index (χ2v) is 5.49. The number of amides is 1. The van der Waals surface area contributed by atoms with E-state index in [0.29, 0.717) is 25.3 Å². The molecule has 3 rings (SSSR count). The van der Waals surface area contributed by atoms with Gasteiger partial charge < -0.3 is 14.8 Å². The van der Waals surface area contributed by atoms with Crippen LogP contribution < -0.4 is 0 Å². The van der Waals surface area contributed by atoms with Crippen LogP contribution in [0.25, 0.3) is 0 Å². The van der Waals surface area contributed by atoms with E-state index in [-0.39, 0.29) is 18.0 Å². The molecule has 3 heterocycles. The molecular formula is C13H19N7O. The molecule has 0 saturated carbocycles. The number of hydrogen-bond donors (Lipinski definition) is 1. The van der Waals surface area contributed by atoms with Crippen LogP contribution in [0.15, 0.2) is 24.8 Å². The first kappa shape index (κ1) is 13.7. The van der Waals surface area contributed by atoms with E-state index in [9.17, 15) is 4.79 Å². The van der Waals surface area contributed by atoms with Gasteiger partial charge in [-0.3, -0.25) is 4.79 Å². The maximum absolute atomic E-state index is 12.4. The number of nitrogens with zero attached hydrogens (tertiary/aromatic N) is 6. The van der Waals surface area contributed by atoms with Gasteiger partial charge in [-0.05, 0) is 14.1 Å². The Kier molecular flexibility index (Phi) is 3.70. The van der Waals surface area contributed by atoms with Gasteiger partial charge in [0.1, 0.15) is 5.82 Å². The summed E-state index contributed by atoms with van der Waals surface area (Å²) in [5.74, 6) is 0.782. The highest BCUT2D eigenvalue weighted by molar-refractivity contribution is 5.78. The van der Waals surface area contributed by atoms with Crippen molar-refractivity contribution in [2.45, 2.75) is 18.5 Å². The van der Waals surface area contributed by atoms with Crippen molar-refractivity contribution in [1.29, 1.82) is 0 Å². The standard InChI is InChI=1S/C13H19N7O/c1-18(2)10-8-19(9-11(10)20-6-5-16-17-20)13(21)7-12-14-3-4-15-12/h3-6,10-11H,7-9H2,1-2H3,(H,14,15)/t10-,11+/m1/s1. The molecule has 112 valence electrons. The molecule has 21 heavy (non-hydrogen) atoms. The molecule has 1 aliphatic rings. The summed E-state index contributed by atoms with van der Waals surface area (Å²) in [5.41, 5.74) is 0. The quantitative estimate of drug-likeness (QED) is 0.825. The van der Waals surface area contributed by atoms with Crippen LogP contribution in [0.2, 0.25) is 0 Å². The van der Waals surface area contributed by atoms with E-state index in [0.717, 1.165) is 0 Å². The molecule has 1 amide bonds. The van der Waals surface area contributed by atoms with E-state index in [1.807, 2.05) is 29.9 Å². The molecule has 8 heteroatoms. The number of carbonyl (C=O) groups is 1. The highest BCUT2D eigenvalue weighted by atomic mass is 16.2. The Balaban J connectivity index is 1.72. The van der Waals surface area contributed by atoms with Crippen LogP contribution in [0.4, 0.5) is 0 Å². The number of H-pyrrole nitrogens is 1. The van der Waals surface area contributed by atoms with Crippen LogP contribution in [-0.4, -0.2) is 73.9 Å². The normalized spacial score (nSPS) is 22.1. The van der Waals surface area contributed by atoms with Gasteiger partial charge in [0, 0.05) is 31.7 Å². The fourth-order valence-electron chi connectivity index (χ4n) is 2.78. The summed E-state index contributed by atoms with van der Waals surface area (Å²) in [6, 6.07) is 0.357. The number of likely N-dealkylation sites (tertiary alicyclic amines) is 1. The lowest BCUT2D eigenvalue weighted by Gasteiger charge is -2.24. The van der Waals surface area contributed by atoms with Gasteiger partial charge in [-0.25, -0.2) is 9.67 Å². The number of aromatic nitrogens is 5. The van der Waals surface area contributed by atoms with E-state index in [1.54, 1.807) is 18.6 Å². The topological polar surface area (TPSA) is 82.9 Å². The first-order valence-electron chi connectivity index (χ1n) is 6.93. The maximum atomic E-state index is 12.4. The number of hydrogen-bond acceptors (Lipinski definition) is 5. The minimum atomic E-state index is 0.0828. The lowest BCUT2D eigenvalue weighted by molar-refractivity contribution is -0.129. The summed E-state index contributed by atoms with van der Waals surface area (Å²) in [4.78, 5) is 23.5. The molecule has 0 aliphatic carbocycles. The Labute approximate surface area is 122 Å². The lowest BCUT2D eigenvalue weighted by Crippen LogP contribution is -2.37. The zero-order chi connectivity index (χ0) is 14.8. The maximum Gasteiger partial charge on any atom is 0.230 e. The molecule has 0 spiro atoms. The minimum absolute atomic E-state index is 0.0828. The molecule has 8 nitrogen and oxygen atoms in total. The molecule has 0 radical (unpaired) electrons. The zero-order valence-corrected chi connectivity index (χ0v) is 12.2. The third kappa shape index (κ3) is 2.80. The number of likely N-dealkylation sites (N-methyl/N-ethyl adjacent to an activating group) is 1. The van der Waals surface area contributed by atoms with Crippen LogP contribution in [-0.2, 0) is 11.2 Å². The number of nitrogens with one attached hydrogen (secondary N) is 1. The average molecular weight is 289 g/mol. The van der Waals surface area contributed by atoms with Crippen molar-refractivity contribution in [3.05, 3.63) is 30.6 Å². The van der Waals surface area contributed by atoms with Crippen LogP contribution in [0.5, 0.6) is 0 Å². The van der Waals surface area contributed by atoms with Gasteiger partial charge in [-0.2, -0.15) is 0 Å². The van der Waals surface area contributed by atoms with Crippen molar-refractivity contribution in [3.63, 3.8) is 0 Å². The molecule has 1 aliphatic heterocycles. The van der Waals surface area contributed by atoms with Gasteiger partial charge in [0.2, 0.25) is 5.91 Å². The van der Waals surface area contributed by atoms with Gasteiger partial charge in [-0.1, -0.05) is 5.21 Å². The third-order valence-corrected chi connectivity index (χ3v) is 3.93. The minimum Gasteiger partial charge on any atom is -0.348 e. The Bertz CT molecular complexity index is 578. The second-order valence-electron chi connectivity index (χ2n) is 5.49. The van der Waals surface area contributed by atoms with Crippen molar-refractivity contribution in [2.75, 3.05) is 27.2 Å². The fraction of sp³-hybridized carbons (Fsp3) is 0.538. The molecule has 1 fully saturated rings. The third-order valence-electron chi connectivity index (χ3n) is 3.93. The highest BCUT2D eigenvalue weighted by Gasteiger charge is 2.38. The van der Waals surface area contributed by atoms with Gasteiger partial charge in [0.25, 0.3) is 0 Å². The first-order chi connectivity index (χ1) is 10.1. The summed E-state index contributed by atoms with van der Waals surface area (Å²) < 4.78 is 1.84. The van der Waals surface area contributed by atoms with Crippen molar-refractivity contribution in [3.8, 4) is 0 Å². The molecule has 0 bridgehead atoms. The van der Waals surface area contributed by atoms with Crippen molar-refractivity contribution in [1.82, 2.24) is 34.8 Å². The molecule has 0 unspecified atom stereocenters. The Hall–Kier alpha value is -2.22. The largest absolute Gasteiger partial charge is 0.348 e. The molecule has 2 aromatic rings. The monoisotopic (exact) mass is 289 g/mol. The number of rotatable bonds is 4. The fourth-order valence-corrected chi connectivity index (χ4v) is 2.78. The zero-order valence-electron chi connectivity index (χ0n) is 12.2. The molecule has 1 N–H and O–H groups in total. The smallest absolute Gasteiger partial charge is 0.230 e.